The Labute approximate surface area is 130 Å². The molecule has 6 nitrogen and oxygen atoms in total. The number of nitrogens with zero attached hydrogens (tertiary/aromatic N) is 2. The number of Topliss-reactive ketones (excluding diaryl/α,β-unsaturated/α-hetero) is 2. The van der Waals surface area contributed by atoms with E-state index in [1.165, 1.54) is 11.7 Å². The molecule has 1 fully saturated rings. The molecule has 1 atom stereocenters. The summed E-state index contributed by atoms with van der Waals surface area (Å²) in [5.41, 5.74) is -0.281. The summed E-state index contributed by atoms with van der Waals surface area (Å²) in [5.74, 6) is -0.592. The minimum absolute atomic E-state index is 0.0746. The van der Waals surface area contributed by atoms with Gasteiger partial charge >= 0.3 is 0 Å². The summed E-state index contributed by atoms with van der Waals surface area (Å²) >= 11 is 0. The van der Waals surface area contributed by atoms with Crippen molar-refractivity contribution in [2.45, 2.75) is 32.2 Å². The monoisotopic (exact) mass is 318 g/mol. The van der Waals surface area contributed by atoms with E-state index in [9.17, 15) is 18.8 Å². The van der Waals surface area contributed by atoms with Gasteiger partial charge in [-0.25, -0.2) is 9.37 Å². The standard InChI is InChI=1S/C16H15FN2O4/c1-8-18-11-5-9(17)6-14(23-2)15(11)16(22)19(8)12-4-3-10(20)7-13(12)21/h5-6,12H,3-4,7H2,1-2H3. The highest BCUT2D eigenvalue weighted by Gasteiger charge is 2.31. The van der Waals surface area contributed by atoms with Crippen LogP contribution in [0.4, 0.5) is 4.39 Å². The molecule has 120 valence electrons. The Morgan fingerprint density at radius 3 is 2.70 bits per heavy atom. The molecule has 1 aromatic heterocycles. The Bertz CT molecular complexity index is 888. The largest absolute Gasteiger partial charge is 0.496 e. The Kier molecular flexibility index (Phi) is 3.71. The topological polar surface area (TPSA) is 78.3 Å². The number of methoxy groups -OCH3 is 1. The summed E-state index contributed by atoms with van der Waals surface area (Å²) in [6.45, 7) is 1.59. The zero-order valence-electron chi connectivity index (χ0n) is 12.8. The van der Waals surface area contributed by atoms with Gasteiger partial charge in [-0.1, -0.05) is 0 Å². The second kappa shape index (κ2) is 5.57. The van der Waals surface area contributed by atoms with Crippen molar-refractivity contribution in [1.29, 1.82) is 0 Å². The van der Waals surface area contributed by atoms with E-state index < -0.39 is 17.4 Å². The number of aryl methyl sites for hydroxylation is 1. The fourth-order valence-corrected chi connectivity index (χ4v) is 3.03. The Hall–Kier alpha value is -2.57. The van der Waals surface area contributed by atoms with Crippen LogP contribution in [0.5, 0.6) is 5.75 Å². The number of ketones is 2. The van der Waals surface area contributed by atoms with Crippen molar-refractivity contribution in [2.24, 2.45) is 0 Å². The van der Waals surface area contributed by atoms with E-state index in [0.717, 1.165) is 12.1 Å². The number of rotatable bonds is 2. The van der Waals surface area contributed by atoms with Gasteiger partial charge in [0, 0.05) is 18.6 Å². The zero-order valence-corrected chi connectivity index (χ0v) is 12.8. The van der Waals surface area contributed by atoms with Crippen molar-refractivity contribution in [2.75, 3.05) is 7.11 Å². The van der Waals surface area contributed by atoms with Gasteiger partial charge in [0.1, 0.15) is 28.6 Å². The van der Waals surface area contributed by atoms with Crippen LogP contribution in [0, 0.1) is 12.7 Å². The van der Waals surface area contributed by atoms with E-state index in [1.807, 2.05) is 0 Å². The molecule has 0 aliphatic heterocycles. The van der Waals surface area contributed by atoms with E-state index in [4.69, 9.17) is 4.74 Å². The van der Waals surface area contributed by atoms with Gasteiger partial charge < -0.3 is 4.74 Å². The summed E-state index contributed by atoms with van der Waals surface area (Å²) < 4.78 is 20.0. The number of benzene rings is 1. The van der Waals surface area contributed by atoms with Crippen molar-refractivity contribution in [3.63, 3.8) is 0 Å². The summed E-state index contributed by atoms with van der Waals surface area (Å²) in [6, 6.07) is 1.55. The van der Waals surface area contributed by atoms with E-state index in [1.54, 1.807) is 6.92 Å². The minimum Gasteiger partial charge on any atom is -0.496 e. The quantitative estimate of drug-likeness (QED) is 0.788. The summed E-state index contributed by atoms with van der Waals surface area (Å²) in [7, 11) is 1.34. The number of fused-ring (bicyclic) bond motifs is 1. The molecule has 0 N–H and O–H groups in total. The minimum atomic E-state index is -0.716. The van der Waals surface area contributed by atoms with Gasteiger partial charge in [0.25, 0.3) is 5.56 Å². The lowest BCUT2D eigenvalue weighted by atomic mass is 9.92. The van der Waals surface area contributed by atoms with E-state index in [2.05, 4.69) is 4.98 Å². The molecule has 3 rings (SSSR count). The Morgan fingerprint density at radius 2 is 2.04 bits per heavy atom. The number of ether oxygens (including phenoxy) is 1. The number of hydrogen-bond donors (Lipinski definition) is 0. The van der Waals surface area contributed by atoms with Crippen molar-refractivity contribution < 1.29 is 18.7 Å². The lowest BCUT2D eigenvalue weighted by molar-refractivity contribution is -0.132. The summed E-state index contributed by atoms with van der Waals surface area (Å²) in [6.07, 6.45) is 0.352. The Balaban J connectivity index is 2.26. The van der Waals surface area contributed by atoms with Crippen LogP contribution in [0.25, 0.3) is 10.9 Å². The first-order valence-electron chi connectivity index (χ1n) is 7.23. The van der Waals surface area contributed by atoms with Crippen LogP contribution in [-0.2, 0) is 9.59 Å². The highest BCUT2D eigenvalue weighted by Crippen LogP contribution is 2.27. The van der Waals surface area contributed by atoms with E-state index >= 15 is 0 Å². The molecule has 1 aliphatic rings. The highest BCUT2D eigenvalue weighted by molar-refractivity contribution is 6.03. The van der Waals surface area contributed by atoms with Crippen LogP contribution in [0.2, 0.25) is 0 Å². The summed E-state index contributed by atoms with van der Waals surface area (Å²) in [4.78, 5) is 40.6. The summed E-state index contributed by atoms with van der Waals surface area (Å²) in [5, 5.41) is 0.129. The number of aromatic nitrogens is 2. The molecule has 2 aromatic rings. The van der Waals surface area contributed by atoms with E-state index in [-0.39, 0.29) is 47.5 Å². The third-order valence-corrected chi connectivity index (χ3v) is 4.08. The fourth-order valence-electron chi connectivity index (χ4n) is 3.03. The second-order valence-corrected chi connectivity index (χ2v) is 5.57. The van der Waals surface area contributed by atoms with Crippen LogP contribution < -0.4 is 10.3 Å². The van der Waals surface area contributed by atoms with Crippen molar-refractivity contribution in [3.8, 4) is 5.75 Å². The van der Waals surface area contributed by atoms with Gasteiger partial charge in [-0.3, -0.25) is 19.0 Å². The number of halogens is 1. The molecule has 0 bridgehead atoms. The molecule has 1 saturated carbocycles. The first-order valence-corrected chi connectivity index (χ1v) is 7.23. The van der Waals surface area contributed by atoms with Gasteiger partial charge in [0.2, 0.25) is 0 Å². The van der Waals surface area contributed by atoms with Crippen LogP contribution in [0.3, 0.4) is 0 Å². The molecular weight excluding hydrogens is 303 g/mol. The van der Waals surface area contributed by atoms with E-state index in [0.29, 0.717) is 5.82 Å². The van der Waals surface area contributed by atoms with Crippen LogP contribution in [0.15, 0.2) is 16.9 Å². The molecule has 1 aromatic carbocycles. The van der Waals surface area contributed by atoms with Crippen molar-refractivity contribution >= 4 is 22.5 Å². The number of hydrogen-bond acceptors (Lipinski definition) is 5. The normalized spacial score (nSPS) is 18.5. The molecule has 1 heterocycles. The fraction of sp³-hybridized carbons (Fsp3) is 0.375. The Morgan fingerprint density at radius 1 is 1.30 bits per heavy atom. The lowest BCUT2D eigenvalue weighted by Gasteiger charge is -2.24. The first kappa shape index (κ1) is 15.3. The van der Waals surface area contributed by atoms with Gasteiger partial charge in [-0.15, -0.1) is 0 Å². The molecule has 23 heavy (non-hydrogen) atoms. The molecule has 7 heteroatoms. The molecule has 1 aliphatic carbocycles. The predicted octanol–water partition coefficient (Wildman–Crippen LogP) is 1.72. The SMILES string of the molecule is COc1cc(F)cc2nc(C)n(C3CCC(=O)CC3=O)c(=O)c12. The van der Waals surface area contributed by atoms with Gasteiger partial charge in [-0.2, -0.15) is 0 Å². The van der Waals surface area contributed by atoms with Gasteiger partial charge in [-0.05, 0) is 13.3 Å². The average molecular weight is 318 g/mol. The number of carbonyl (C=O) groups is 2. The van der Waals surface area contributed by atoms with Crippen LogP contribution in [0.1, 0.15) is 31.1 Å². The highest BCUT2D eigenvalue weighted by atomic mass is 19.1. The molecule has 0 amide bonds. The maximum absolute atomic E-state index is 13.6. The van der Waals surface area contributed by atoms with Crippen molar-refractivity contribution in [1.82, 2.24) is 9.55 Å². The predicted molar refractivity (Wildman–Crippen MR) is 80.2 cm³/mol. The molecule has 0 saturated heterocycles. The maximum Gasteiger partial charge on any atom is 0.265 e. The van der Waals surface area contributed by atoms with Gasteiger partial charge in [0.05, 0.1) is 25.1 Å². The van der Waals surface area contributed by atoms with Crippen LogP contribution in [-0.4, -0.2) is 28.2 Å². The molecular formula is C16H15FN2O4. The van der Waals surface area contributed by atoms with Crippen molar-refractivity contribution in [3.05, 3.63) is 34.1 Å². The molecule has 1 unspecified atom stereocenters. The average Bonchev–Trinajstić information content (AvgIpc) is 2.47. The smallest absolute Gasteiger partial charge is 0.265 e. The first-order chi connectivity index (χ1) is 10.9. The zero-order chi connectivity index (χ0) is 16.7. The molecule has 0 radical (unpaired) electrons. The third-order valence-electron chi connectivity index (χ3n) is 4.08. The van der Waals surface area contributed by atoms with Gasteiger partial charge in [0.15, 0.2) is 5.78 Å². The third kappa shape index (κ3) is 2.52. The lowest BCUT2D eigenvalue weighted by Crippen LogP contribution is -2.36. The molecule has 0 spiro atoms. The number of carbonyl (C=O) groups excluding carboxylic acids is 2. The second-order valence-electron chi connectivity index (χ2n) is 5.57. The van der Waals surface area contributed by atoms with Crippen LogP contribution >= 0.6 is 0 Å². The maximum atomic E-state index is 13.6.